The Labute approximate surface area is 183 Å². The van der Waals surface area contributed by atoms with Gasteiger partial charge in [0.15, 0.2) is 0 Å². The van der Waals surface area contributed by atoms with Gasteiger partial charge in [0.2, 0.25) is 11.8 Å². The zero-order valence-electron chi connectivity index (χ0n) is 17.4. The summed E-state index contributed by atoms with van der Waals surface area (Å²) < 4.78 is 0. The van der Waals surface area contributed by atoms with Crippen molar-refractivity contribution in [3.05, 3.63) is 54.2 Å². The Kier molecular flexibility index (Phi) is 7.23. The lowest BCUT2D eigenvalue weighted by Gasteiger charge is -2.23. The van der Waals surface area contributed by atoms with E-state index in [4.69, 9.17) is 5.73 Å². The van der Waals surface area contributed by atoms with Crippen molar-refractivity contribution in [3.8, 4) is 0 Å². The molecule has 0 aliphatic carbocycles. The van der Waals surface area contributed by atoms with Gasteiger partial charge in [0.1, 0.15) is 18.1 Å². The summed E-state index contributed by atoms with van der Waals surface area (Å²) in [5.41, 5.74) is 7.78. The molecule has 170 valence electrons. The maximum absolute atomic E-state index is 13.0. The third-order valence-corrected chi connectivity index (χ3v) is 5.14. The van der Waals surface area contributed by atoms with Gasteiger partial charge in [-0.15, -0.1) is 0 Å². The summed E-state index contributed by atoms with van der Waals surface area (Å²) in [4.78, 5) is 47.0. The Balaban J connectivity index is 1.82. The molecule has 32 heavy (non-hydrogen) atoms. The maximum Gasteiger partial charge on any atom is 0.326 e. The van der Waals surface area contributed by atoms with Crippen molar-refractivity contribution in [2.75, 3.05) is 0 Å². The maximum atomic E-state index is 13.0. The van der Waals surface area contributed by atoms with E-state index in [1.807, 2.05) is 24.3 Å². The van der Waals surface area contributed by atoms with Crippen LogP contribution >= 0.6 is 0 Å². The second-order valence-corrected chi connectivity index (χ2v) is 7.56. The summed E-state index contributed by atoms with van der Waals surface area (Å²) in [6.45, 7) is 1.36. The number of aliphatic hydroxyl groups is 1. The number of H-pyrrole nitrogens is 2. The summed E-state index contributed by atoms with van der Waals surface area (Å²) in [5, 5.41) is 25.0. The van der Waals surface area contributed by atoms with Gasteiger partial charge >= 0.3 is 5.97 Å². The fourth-order valence-corrected chi connectivity index (χ4v) is 3.30. The van der Waals surface area contributed by atoms with E-state index in [2.05, 4.69) is 25.6 Å². The number of nitrogens with two attached hydrogens (primary N) is 1. The highest BCUT2D eigenvalue weighted by molar-refractivity contribution is 5.93. The van der Waals surface area contributed by atoms with Gasteiger partial charge < -0.3 is 36.5 Å². The summed E-state index contributed by atoms with van der Waals surface area (Å²) in [6, 6.07) is 3.85. The molecule has 8 N–H and O–H groups in total. The SMILES string of the molecule is C[C@@H](O)[C@H](N)C(=O)N[C@@H](Cc1c[nH]c2ccccc12)C(=O)N[C@@H](Cc1c[nH]cn1)C(=O)O. The van der Waals surface area contributed by atoms with E-state index in [1.54, 1.807) is 6.20 Å². The van der Waals surface area contributed by atoms with Crippen LogP contribution in [-0.4, -0.2) is 67.2 Å². The number of benzene rings is 1. The molecule has 2 heterocycles. The molecule has 11 heteroatoms. The molecule has 0 aliphatic rings. The second kappa shape index (κ2) is 10.1. The molecule has 3 rings (SSSR count). The van der Waals surface area contributed by atoms with Crippen LogP contribution in [0.5, 0.6) is 0 Å². The zero-order chi connectivity index (χ0) is 23.3. The van der Waals surface area contributed by atoms with E-state index in [0.717, 1.165) is 16.5 Å². The molecule has 1 aromatic carbocycles. The predicted octanol–water partition coefficient (Wildman–Crippen LogP) is -0.561. The highest BCUT2D eigenvalue weighted by Gasteiger charge is 2.30. The minimum atomic E-state index is -1.25. The predicted molar refractivity (Wildman–Crippen MR) is 115 cm³/mol. The number of para-hydroxylation sites is 1. The molecule has 0 spiro atoms. The molecule has 0 radical (unpaired) electrons. The van der Waals surface area contributed by atoms with Crippen LogP contribution < -0.4 is 16.4 Å². The number of amides is 2. The van der Waals surface area contributed by atoms with E-state index >= 15 is 0 Å². The van der Waals surface area contributed by atoms with Crippen LogP contribution in [0.25, 0.3) is 10.9 Å². The largest absolute Gasteiger partial charge is 0.480 e. The summed E-state index contributed by atoms with van der Waals surface area (Å²) in [6.07, 6.45) is 3.60. The molecule has 2 amide bonds. The first-order chi connectivity index (χ1) is 15.3. The van der Waals surface area contributed by atoms with Crippen molar-refractivity contribution >= 4 is 28.7 Å². The van der Waals surface area contributed by atoms with Gasteiger partial charge in [-0.05, 0) is 18.6 Å². The molecule has 0 saturated heterocycles. The van der Waals surface area contributed by atoms with Crippen molar-refractivity contribution in [1.29, 1.82) is 0 Å². The number of aromatic amines is 2. The Morgan fingerprint density at radius 3 is 2.47 bits per heavy atom. The van der Waals surface area contributed by atoms with E-state index in [0.29, 0.717) is 5.69 Å². The second-order valence-electron chi connectivity index (χ2n) is 7.56. The van der Waals surface area contributed by atoms with E-state index < -0.39 is 42.0 Å². The van der Waals surface area contributed by atoms with Crippen LogP contribution in [0.15, 0.2) is 43.0 Å². The zero-order valence-corrected chi connectivity index (χ0v) is 17.4. The number of rotatable bonds is 10. The average Bonchev–Trinajstić information content (AvgIpc) is 3.42. The normalized spacial score (nSPS) is 15.0. The standard InChI is InChI=1S/C21H26N6O5/c1-11(28)18(22)20(30)26-16(6-12-8-24-15-5-3-2-4-14(12)15)19(29)27-17(21(31)32)7-13-9-23-10-25-13/h2-5,8-11,16-18,24,28H,6-7,22H2,1H3,(H,23,25)(H,26,30)(H,27,29)(H,31,32)/t11-,16+,17+,18+/m1/s1. The molecule has 0 unspecified atom stereocenters. The molecule has 0 saturated carbocycles. The number of carbonyl (C=O) groups is 3. The molecule has 0 fully saturated rings. The number of aliphatic carboxylic acids is 1. The van der Waals surface area contributed by atoms with E-state index in [9.17, 15) is 24.6 Å². The number of hydrogen-bond acceptors (Lipinski definition) is 6. The summed E-state index contributed by atoms with van der Waals surface area (Å²) >= 11 is 0. The van der Waals surface area contributed by atoms with Crippen LogP contribution in [0, 0.1) is 0 Å². The average molecular weight is 442 g/mol. The molecule has 0 aliphatic heterocycles. The number of carbonyl (C=O) groups excluding carboxylic acids is 2. The Bertz CT molecular complexity index is 1080. The topological polar surface area (TPSA) is 186 Å². The first-order valence-corrected chi connectivity index (χ1v) is 10.1. The monoisotopic (exact) mass is 442 g/mol. The van der Waals surface area contributed by atoms with Crippen LogP contribution in [0.2, 0.25) is 0 Å². The lowest BCUT2D eigenvalue weighted by molar-refractivity contribution is -0.142. The van der Waals surface area contributed by atoms with E-state index in [-0.39, 0.29) is 12.8 Å². The quantitative estimate of drug-likeness (QED) is 0.219. The van der Waals surface area contributed by atoms with Gasteiger partial charge in [0.05, 0.1) is 18.1 Å². The molecule has 4 atom stereocenters. The number of fused-ring (bicyclic) bond motifs is 1. The highest BCUT2D eigenvalue weighted by Crippen LogP contribution is 2.19. The van der Waals surface area contributed by atoms with Gasteiger partial charge in [0.25, 0.3) is 0 Å². The minimum absolute atomic E-state index is 0.0362. The van der Waals surface area contributed by atoms with Crippen LogP contribution in [-0.2, 0) is 27.2 Å². The van der Waals surface area contributed by atoms with Gasteiger partial charge in [-0.1, -0.05) is 18.2 Å². The molecular weight excluding hydrogens is 416 g/mol. The summed E-state index contributed by atoms with van der Waals surface area (Å²) in [7, 11) is 0. The lowest BCUT2D eigenvalue weighted by Crippen LogP contribution is -2.57. The first-order valence-electron chi connectivity index (χ1n) is 10.1. The van der Waals surface area contributed by atoms with E-state index in [1.165, 1.54) is 19.4 Å². The van der Waals surface area contributed by atoms with Crippen LogP contribution in [0.1, 0.15) is 18.2 Å². The third kappa shape index (κ3) is 5.50. The lowest BCUT2D eigenvalue weighted by atomic mass is 10.0. The molecule has 0 bridgehead atoms. The number of aliphatic hydroxyl groups excluding tert-OH is 1. The fraction of sp³-hybridized carbons (Fsp3) is 0.333. The number of aromatic nitrogens is 3. The van der Waals surface area contributed by atoms with Crippen molar-refractivity contribution in [2.24, 2.45) is 5.73 Å². The Hall–Kier alpha value is -3.70. The number of hydrogen-bond donors (Lipinski definition) is 7. The van der Waals surface area contributed by atoms with Crippen molar-refractivity contribution in [2.45, 2.75) is 44.0 Å². The van der Waals surface area contributed by atoms with Gasteiger partial charge in [-0.3, -0.25) is 9.59 Å². The highest BCUT2D eigenvalue weighted by atomic mass is 16.4. The van der Waals surface area contributed by atoms with Gasteiger partial charge in [0, 0.05) is 36.1 Å². The Morgan fingerprint density at radius 1 is 1.09 bits per heavy atom. The summed E-state index contributed by atoms with van der Waals surface area (Å²) in [5.74, 6) is -2.65. The minimum Gasteiger partial charge on any atom is -0.480 e. The van der Waals surface area contributed by atoms with Gasteiger partial charge in [-0.2, -0.15) is 0 Å². The third-order valence-electron chi connectivity index (χ3n) is 5.14. The Morgan fingerprint density at radius 2 is 1.81 bits per heavy atom. The number of nitrogens with zero attached hydrogens (tertiary/aromatic N) is 1. The number of carboxylic acid groups (broad SMARTS) is 1. The number of carboxylic acids is 1. The van der Waals surface area contributed by atoms with Crippen molar-refractivity contribution in [3.63, 3.8) is 0 Å². The van der Waals surface area contributed by atoms with Crippen LogP contribution in [0.4, 0.5) is 0 Å². The van der Waals surface area contributed by atoms with Gasteiger partial charge in [-0.25, -0.2) is 9.78 Å². The van der Waals surface area contributed by atoms with Crippen molar-refractivity contribution < 1.29 is 24.6 Å². The van der Waals surface area contributed by atoms with Crippen LogP contribution in [0.3, 0.4) is 0 Å². The number of imidazole rings is 1. The molecular formula is C21H26N6O5. The fourth-order valence-electron chi connectivity index (χ4n) is 3.30. The smallest absolute Gasteiger partial charge is 0.326 e. The number of nitrogens with one attached hydrogen (secondary N) is 4. The molecule has 3 aromatic rings. The molecule has 11 nitrogen and oxygen atoms in total. The first kappa shape index (κ1) is 23.0. The van der Waals surface area contributed by atoms with Crippen molar-refractivity contribution in [1.82, 2.24) is 25.6 Å². The molecule has 2 aromatic heterocycles.